The average molecular weight is 387 g/mol. The first-order valence-corrected chi connectivity index (χ1v) is 9.67. The fraction of sp³-hybridized carbons (Fsp3) is 0.412. The number of nitrogen functional groups attached to an aromatic ring is 1. The van der Waals surface area contributed by atoms with Gasteiger partial charge in [-0.15, -0.1) is 11.3 Å². The Labute approximate surface area is 160 Å². The van der Waals surface area contributed by atoms with Crippen LogP contribution in [0.3, 0.4) is 0 Å². The van der Waals surface area contributed by atoms with Crippen LogP contribution in [0.1, 0.15) is 6.92 Å². The van der Waals surface area contributed by atoms with Crippen molar-refractivity contribution in [3.63, 3.8) is 0 Å². The van der Waals surface area contributed by atoms with Gasteiger partial charge in [0.15, 0.2) is 5.65 Å². The molecule has 0 aromatic carbocycles. The van der Waals surface area contributed by atoms with Crippen molar-refractivity contribution in [1.82, 2.24) is 24.6 Å². The molecule has 4 heterocycles. The van der Waals surface area contributed by atoms with Gasteiger partial charge in [0.1, 0.15) is 5.82 Å². The van der Waals surface area contributed by atoms with Crippen molar-refractivity contribution in [2.24, 2.45) is 7.05 Å². The molecule has 3 aromatic heterocycles. The predicted octanol–water partition coefficient (Wildman–Crippen LogP) is 1.95. The molecule has 0 bridgehead atoms. The van der Waals surface area contributed by atoms with Crippen LogP contribution in [0.4, 0.5) is 16.6 Å². The second kappa shape index (κ2) is 7.03. The number of anilines is 2. The summed E-state index contributed by atoms with van der Waals surface area (Å²) in [5.41, 5.74) is 7.58. The SMILES string of the molecule is CCOC(=O)N1CCN(c2nc(-c3cccs3)c3c(N)n(C)nc3n2)CC1. The number of hydrogen-bond acceptors (Lipinski definition) is 8. The highest BCUT2D eigenvalue weighted by Crippen LogP contribution is 2.34. The van der Waals surface area contributed by atoms with Crippen LogP contribution in [0, 0.1) is 0 Å². The summed E-state index contributed by atoms with van der Waals surface area (Å²) in [7, 11) is 1.80. The number of ether oxygens (including phenoxy) is 1. The summed E-state index contributed by atoms with van der Waals surface area (Å²) in [5, 5.41) is 7.22. The molecule has 0 atom stereocenters. The molecule has 4 rings (SSSR count). The summed E-state index contributed by atoms with van der Waals surface area (Å²) in [6.45, 7) is 4.59. The maximum absolute atomic E-state index is 11.9. The standard InChI is InChI=1S/C17H21N7O2S/c1-3-26-17(25)24-8-6-23(7-9-24)16-19-13(11-5-4-10-27-11)12-14(18)22(2)21-15(12)20-16/h4-5,10H,3,6-9,18H2,1-2H3. The van der Waals surface area contributed by atoms with Crippen molar-refractivity contribution in [2.45, 2.75) is 6.92 Å². The number of carbonyl (C=O) groups excluding carboxylic acids is 1. The van der Waals surface area contributed by atoms with Crippen LogP contribution < -0.4 is 10.6 Å². The summed E-state index contributed by atoms with van der Waals surface area (Å²) >= 11 is 1.60. The van der Waals surface area contributed by atoms with Gasteiger partial charge in [0.25, 0.3) is 0 Å². The van der Waals surface area contributed by atoms with E-state index in [0.29, 0.717) is 50.2 Å². The normalized spacial score (nSPS) is 14.7. The number of aryl methyl sites for hydroxylation is 1. The second-order valence-electron chi connectivity index (χ2n) is 6.23. The minimum absolute atomic E-state index is 0.273. The lowest BCUT2D eigenvalue weighted by Crippen LogP contribution is -2.49. The number of nitrogens with two attached hydrogens (primary N) is 1. The number of piperazine rings is 1. The van der Waals surface area contributed by atoms with Crippen molar-refractivity contribution < 1.29 is 9.53 Å². The third kappa shape index (κ3) is 3.16. The van der Waals surface area contributed by atoms with Gasteiger partial charge in [-0.05, 0) is 18.4 Å². The topological polar surface area (TPSA) is 102 Å². The highest BCUT2D eigenvalue weighted by Gasteiger charge is 2.25. The summed E-state index contributed by atoms with van der Waals surface area (Å²) in [6.07, 6.45) is -0.273. The molecule has 1 saturated heterocycles. The number of hydrogen-bond donors (Lipinski definition) is 1. The van der Waals surface area contributed by atoms with Gasteiger partial charge < -0.3 is 20.3 Å². The number of nitrogens with zero attached hydrogens (tertiary/aromatic N) is 6. The maximum Gasteiger partial charge on any atom is 0.409 e. The van der Waals surface area contributed by atoms with Crippen molar-refractivity contribution in [1.29, 1.82) is 0 Å². The zero-order valence-corrected chi connectivity index (χ0v) is 16.1. The Bertz CT molecular complexity index is 961. The van der Waals surface area contributed by atoms with Gasteiger partial charge >= 0.3 is 6.09 Å². The van der Waals surface area contributed by atoms with Crippen molar-refractivity contribution >= 4 is 40.2 Å². The number of amides is 1. The number of carbonyl (C=O) groups is 1. The number of thiophene rings is 1. The van der Waals surface area contributed by atoms with Gasteiger partial charge in [-0.2, -0.15) is 10.1 Å². The summed E-state index contributed by atoms with van der Waals surface area (Å²) < 4.78 is 6.70. The third-order valence-corrected chi connectivity index (χ3v) is 5.45. The molecule has 27 heavy (non-hydrogen) atoms. The first-order valence-electron chi connectivity index (χ1n) is 8.79. The number of rotatable bonds is 3. The molecule has 0 saturated carbocycles. The van der Waals surface area contributed by atoms with E-state index >= 15 is 0 Å². The van der Waals surface area contributed by atoms with Crippen LogP contribution >= 0.6 is 11.3 Å². The zero-order valence-electron chi connectivity index (χ0n) is 15.3. The maximum atomic E-state index is 11.9. The highest BCUT2D eigenvalue weighted by atomic mass is 32.1. The van der Waals surface area contributed by atoms with E-state index in [4.69, 9.17) is 15.5 Å². The molecule has 1 aliphatic heterocycles. The average Bonchev–Trinajstić information content (AvgIpc) is 3.30. The first kappa shape index (κ1) is 17.5. The Hall–Kier alpha value is -2.88. The van der Waals surface area contributed by atoms with E-state index in [9.17, 15) is 4.79 Å². The second-order valence-corrected chi connectivity index (χ2v) is 7.18. The number of aromatic nitrogens is 4. The van der Waals surface area contributed by atoms with Crippen LogP contribution in [0.25, 0.3) is 21.6 Å². The van der Waals surface area contributed by atoms with Crippen LogP contribution in [-0.2, 0) is 11.8 Å². The van der Waals surface area contributed by atoms with Gasteiger partial charge in [0, 0.05) is 33.2 Å². The molecule has 2 N–H and O–H groups in total. The van der Waals surface area contributed by atoms with Gasteiger partial charge in [-0.25, -0.2) is 9.78 Å². The fourth-order valence-corrected chi connectivity index (χ4v) is 3.86. The minimum atomic E-state index is -0.273. The van der Waals surface area contributed by atoms with Crippen LogP contribution in [0.5, 0.6) is 0 Å². The summed E-state index contributed by atoms with van der Waals surface area (Å²) in [6, 6.07) is 4.00. The van der Waals surface area contributed by atoms with E-state index in [0.717, 1.165) is 16.0 Å². The van der Waals surface area contributed by atoms with Gasteiger partial charge in [-0.1, -0.05) is 6.07 Å². The molecular formula is C17H21N7O2S. The van der Waals surface area contributed by atoms with Gasteiger partial charge in [0.05, 0.1) is 22.6 Å². The molecular weight excluding hydrogens is 366 g/mol. The molecule has 1 aliphatic rings. The molecule has 3 aromatic rings. The molecule has 0 aliphatic carbocycles. The Kier molecular flexibility index (Phi) is 4.56. The van der Waals surface area contributed by atoms with E-state index in [1.165, 1.54) is 0 Å². The van der Waals surface area contributed by atoms with Gasteiger partial charge in [-0.3, -0.25) is 4.68 Å². The van der Waals surface area contributed by atoms with Crippen LogP contribution in [0.2, 0.25) is 0 Å². The lowest BCUT2D eigenvalue weighted by molar-refractivity contribution is 0.105. The van der Waals surface area contributed by atoms with Crippen LogP contribution in [0.15, 0.2) is 17.5 Å². The molecule has 1 fully saturated rings. The number of fused-ring (bicyclic) bond motifs is 1. The largest absolute Gasteiger partial charge is 0.450 e. The summed E-state index contributed by atoms with van der Waals surface area (Å²) in [4.78, 5) is 26.1. The van der Waals surface area contributed by atoms with Crippen molar-refractivity contribution in [3.8, 4) is 10.6 Å². The molecule has 0 unspecified atom stereocenters. The fourth-order valence-electron chi connectivity index (χ4n) is 3.14. The van der Waals surface area contributed by atoms with E-state index in [1.807, 2.05) is 24.4 Å². The lowest BCUT2D eigenvalue weighted by atomic mass is 10.2. The molecule has 0 spiro atoms. The molecule has 9 nitrogen and oxygen atoms in total. The first-order chi connectivity index (χ1) is 13.1. The van der Waals surface area contributed by atoms with Crippen molar-refractivity contribution in [3.05, 3.63) is 17.5 Å². The molecule has 10 heteroatoms. The quantitative estimate of drug-likeness (QED) is 0.733. The predicted molar refractivity (Wildman–Crippen MR) is 105 cm³/mol. The Balaban J connectivity index is 1.67. The zero-order chi connectivity index (χ0) is 19.0. The summed E-state index contributed by atoms with van der Waals surface area (Å²) in [5.74, 6) is 1.15. The monoisotopic (exact) mass is 387 g/mol. The minimum Gasteiger partial charge on any atom is -0.450 e. The van der Waals surface area contributed by atoms with E-state index < -0.39 is 0 Å². The third-order valence-electron chi connectivity index (χ3n) is 4.57. The van der Waals surface area contributed by atoms with Crippen LogP contribution in [-0.4, -0.2) is 63.5 Å². The highest BCUT2D eigenvalue weighted by molar-refractivity contribution is 7.13. The smallest absolute Gasteiger partial charge is 0.409 e. The molecule has 0 radical (unpaired) electrons. The van der Waals surface area contributed by atoms with Crippen molar-refractivity contribution in [2.75, 3.05) is 43.4 Å². The lowest BCUT2D eigenvalue weighted by Gasteiger charge is -2.34. The Morgan fingerprint density at radius 3 is 2.74 bits per heavy atom. The van der Waals surface area contributed by atoms with E-state index in [-0.39, 0.29) is 6.09 Å². The Morgan fingerprint density at radius 2 is 2.07 bits per heavy atom. The van der Waals surface area contributed by atoms with E-state index in [1.54, 1.807) is 28.0 Å². The molecule has 142 valence electrons. The Morgan fingerprint density at radius 1 is 1.30 bits per heavy atom. The van der Waals surface area contributed by atoms with Gasteiger partial charge in [0.2, 0.25) is 5.95 Å². The molecule has 1 amide bonds. The van der Waals surface area contributed by atoms with E-state index in [2.05, 4.69) is 15.0 Å².